The lowest BCUT2D eigenvalue weighted by atomic mass is 10.0. The fourth-order valence-corrected chi connectivity index (χ4v) is 12.3. The number of phosphoric acid groups is 1. The van der Waals surface area contributed by atoms with Gasteiger partial charge in [0.2, 0.25) is 0 Å². The molecule has 0 aromatic heterocycles. The minimum atomic E-state index is -4.40. The van der Waals surface area contributed by atoms with Gasteiger partial charge < -0.3 is 20.1 Å². The molecule has 0 bridgehead atoms. The fourth-order valence-electron chi connectivity index (χ4n) is 11.5. The standard InChI is InChI=1S/C85H150NO8P/c1-3-5-7-9-11-13-15-17-19-21-23-25-27-29-31-33-35-37-38-39-40-41-42-43-44-46-48-50-52-54-56-58-60-62-64-66-68-70-72-74-76-78-85(88)94-83(82-93-95(89,90)92-80-79-86)81-91-84(87)77-75-73-71-69-67-65-63-61-59-57-55-53-51-49-47-45-36-34-32-30-28-26-24-22-20-18-16-14-12-10-8-6-4-2/h5,7,11,13,17,19,23,25,29,31,35,37,39-40,42-43,46,48,52,54,83H,3-4,6,8-10,12,14-16,18,20-22,24,26-28,30,32-34,36,38,41,44-45,47,49-51,53,55-82,86H2,1-2H3,(H,89,90)/b7-5-,13-11-,19-17-,25-23-,31-29-,37-35-,40-39-,43-42-,48-46-,54-52-. The van der Waals surface area contributed by atoms with Crippen molar-refractivity contribution in [2.75, 3.05) is 26.4 Å². The number of carbonyl (C=O) groups excluding carboxylic acids is 2. The normalized spacial score (nSPS) is 13.5. The van der Waals surface area contributed by atoms with Gasteiger partial charge in [0.15, 0.2) is 6.10 Å². The quantitative estimate of drug-likeness (QED) is 0.0264. The van der Waals surface area contributed by atoms with E-state index in [4.69, 9.17) is 24.3 Å². The van der Waals surface area contributed by atoms with E-state index in [-0.39, 0.29) is 38.6 Å². The van der Waals surface area contributed by atoms with E-state index in [2.05, 4.69) is 135 Å². The van der Waals surface area contributed by atoms with Crippen LogP contribution in [0.3, 0.4) is 0 Å². The van der Waals surface area contributed by atoms with E-state index in [9.17, 15) is 19.0 Å². The van der Waals surface area contributed by atoms with Crippen LogP contribution in [0, 0.1) is 0 Å². The third-order valence-electron chi connectivity index (χ3n) is 17.4. The van der Waals surface area contributed by atoms with E-state index in [0.717, 1.165) is 109 Å². The molecule has 0 radical (unpaired) electrons. The molecule has 0 aliphatic rings. The Hall–Kier alpha value is -3.59. The van der Waals surface area contributed by atoms with Crippen LogP contribution in [0.1, 0.15) is 373 Å². The topological polar surface area (TPSA) is 134 Å². The summed E-state index contributed by atoms with van der Waals surface area (Å²) < 4.78 is 33.3. The van der Waals surface area contributed by atoms with Gasteiger partial charge in [-0.3, -0.25) is 18.6 Å². The Balaban J connectivity index is 3.86. The molecule has 0 amide bonds. The van der Waals surface area contributed by atoms with Gasteiger partial charge in [-0.1, -0.05) is 392 Å². The Bertz CT molecular complexity index is 1980. The van der Waals surface area contributed by atoms with Crippen molar-refractivity contribution in [3.05, 3.63) is 122 Å². The number of allylic oxidation sites excluding steroid dienone is 20. The highest BCUT2D eigenvalue weighted by Crippen LogP contribution is 2.43. The van der Waals surface area contributed by atoms with E-state index in [1.807, 2.05) is 0 Å². The zero-order valence-corrected chi connectivity index (χ0v) is 62.8. The summed E-state index contributed by atoms with van der Waals surface area (Å²) in [5.41, 5.74) is 5.41. The first-order valence-corrected chi connectivity index (χ1v) is 41.5. The molecule has 0 spiro atoms. The lowest BCUT2D eigenvalue weighted by Gasteiger charge is -2.19. The highest BCUT2D eigenvalue weighted by molar-refractivity contribution is 7.47. The zero-order valence-electron chi connectivity index (χ0n) is 61.9. The number of nitrogens with two attached hydrogens (primary N) is 1. The molecule has 95 heavy (non-hydrogen) atoms. The van der Waals surface area contributed by atoms with Gasteiger partial charge in [-0.15, -0.1) is 0 Å². The Morgan fingerprint density at radius 2 is 0.579 bits per heavy atom. The molecule has 0 heterocycles. The largest absolute Gasteiger partial charge is 0.472 e. The second-order valence-corrected chi connectivity index (χ2v) is 28.0. The van der Waals surface area contributed by atoms with Gasteiger partial charge in [0.1, 0.15) is 6.61 Å². The SMILES string of the molecule is CC/C=C\C/C=C\C/C=C\C/C=C\C/C=C\C/C=C\C/C=C\C/C=C\C/C=C\C/C=C\CCCCCCCCCCCCC(=O)OC(COC(=O)CCCCCCCCCCCCCCCCCCCCCCCCCCCCCCCCCCC)COP(=O)(O)OCCN. The van der Waals surface area contributed by atoms with Crippen molar-refractivity contribution in [2.24, 2.45) is 5.73 Å². The molecule has 0 aliphatic carbocycles. The van der Waals surface area contributed by atoms with Crippen molar-refractivity contribution in [2.45, 2.75) is 380 Å². The first kappa shape index (κ1) is 91.4. The van der Waals surface area contributed by atoms with Crippen molar-refractivity contribution in [3.63, 3.8) is 0 Å². The Morgan fingerprint density at radius 1 is 0.326 bits per heavy atom. The Labute approximate surface area is 587 Å². The van der Waals surface area contributed by atoms with E-state index in [1.165, 1.54) is 231 Å². The summed E-state index contributed by atoms with van der Waals surface area (Å²) in [6.45, 7) is 3.67. The highest BCUT2D eigenvalue weighted by atomic mass is 31.2. The third-order valence-corrected chi connectivity index (χ3v) is 18.3. The summed E-state index contributed by atoms with van der Waals surface area (Å²) in [4.78, 5) is 35.5. The number of hydrogen-bond donors (Lipinski definition) is 2. The zero-order chi connectivity index (χ0) is 68.6. The lowest BCUT2D eigenvalue weighted by molar-refractivity contribution is -0.161. The molecule has 2 unspecified atom stereocenters. The van der Waals surface area contributed by atoms with Gasteiger partial charge in [-0.05, 0) is 89.9 Å². The van der Waals surface area contributed by atoms with Crippen LogP contribution in [0.15, 0.2) is 122 Å². The van der Waals surface area contributed by atoms with Crippen molar-refractivity contribution >= 4 is 19.8 Å². The van der Waals surface area contributed by atoms with Crippen molar-refractivity contribution in [1.82, 2.24) is 0 Å². The molecule has 548 valence electrons. The van der Waals surface area contributed by atoms with Crippen LogP contribution in [-0.2, 0) is 32.7 Å². The predicted octanol–water partition coefficient (Wildman–Crippen LogP) is 27.0. The van der Waals surface area contributed by atoms with Crippen LogP contribution in [0.25, 0.3) is 0 Å². The maximum absolute atomic E-state index is 12.8. The fraction of sp³-hybridized carbons (Fsp3) is 0.741. The van der Waals surface area contributed by atoms with Crippen LogP contribution in [0.4, 0.5) is 0 Å². The maximum Gasteiger partial charge on any atom is 0.472 e. The van der Waals surface area contributed by atoms with Gasteiger partial charge in [0, 0.05) is 19.4 Å². The summed E-state index contributed by atoms with van der Waals surface area (Å²) in [6, 6.07) is 0. The van der Waals surface area contributed by atoms with Crippen molar-refractivity contribution in [3.8, 4) is 0 Å². The maximum atomic E-state index is 12.8. The van der Waals surface area contributed by atoms with Gasteiger partial charge >= 0.3 is 19.8 Å². The third kappa shape index (κ3) is 79.3. The Morgan fingerprint density at radius 3 is 0.863 bits per heavy atom. The number of unbranched alkanes of at least 4 members (excludes halogenated alkanes) is 42. The average molecular weight is 1350 g/mol. The molecule has 0 rings (SSSR count). The summed E-state index contributed by atoms with van der Waals surface area (Å²) >= 11 is 0. The molecule has 9 nitrogen and oxygen atoms in total. The number of esters is 2. The van der Waals surface area contributed by atoms with E-state index < -0.39 is 26.5 Å². The molecular weight excluding hydrogens is 1190 g/mol. The minimum absolute atomic E-state index is 0.0497. The van der Waals surface area contributed by atoms with Crippen LogP contribution >= 0.6 is 7.82 Å². The van der Waals surface area contributed by atoms with Gasteiger partial charge in [0.05, 0.1) is 13.2 Å². The highest BCUT2D eigenvalue weighted by Gasteiger charge is 2.26. The van der Waals surface area contributed by atoms with Gasteiger partial charge in [-0.25, -0.2) is 4.57 Å². The smallest absolute Gasteiger partial charge is 0.462 e. The minimum Gasteiger partial charge on any atom is -0.462 e. The molecule has 0 aromatic carbocycles. The van der Waals surface area contributed by atoms with Crippen LogP contribution in [0.2, 0.25) is 0 Å². The Kier molecular flexibility index (Phi) is 76.4. The molecule has 2 atom stereocenters. The number of carbonyl (C=O) groups is 2. The second kappa shape index (κ2) is 79.4. The number of phosphoric ester groups is 1. The summed E-state index contributed by atoms with van der Waals surface area (Å²) in [6.07, 6.45) is 112. The molecule has 3 N–H and O–H groups in total. The lowest BCUT2D eigenvalue weighted by Crippen LogP contribution is -2.29. The summed E-state index contributed by atoms with van der Waals surface area (Å²) in [5.74, 6) is -0.822. The molecule has 10 heteroatoms. The first-order valence-electron chi connectivity index (χ1n) is 40.0. The number of ether oxygens (including phenoxy) is 2. The second-order valence-electron chi connectivity index (χ2n) is 26.6. The first-order chi connectivity index (χ1) is 46.8. The van der Waals surface area contributed by atoms with Crippen molar-refractivity contribution in [1.29, 1.82) is 0 Å². The van der Waals surface area contributed by atoms with E-state index in [0.29, 0.717) is 6.42 Å². The summed E-state index contributed by atoms with van der Waals surface area (Å²) in [5, 5.41) is 0. The van der Waals surface area contributed by atoms with E-state index >= 15 is 0 Å². The average Bonchev–Trinajstić information content (AvgIpc) is 2.75. The van der Waals surface area contributed by atoms with Crippen molar-refractivity contribution < 1.29 is 37.6 Å². The molecule has 0 aromatic rings. The van der Waals surface area contributed by atoms with Gasteiger partial charge in [-0.2, -0.15) is 0 Å². The monoisotopic (exact) mass is 1340 g/mol. The molecule has 0 fully saturated rings. The molecule has 0 aliphatic heterocycles. The van der Waals surface area contributed by atoms with Crippen LogP contribution in [0.5, 0.6) is 0 Å². The van der Waals surface area contributed by atoms with Crippen LogP contribution < -0.4 is 5.73 Å². The number of rotatable bonds is 75. The van der Waals surface area contributed by atoms with Gasteiger partial charge in [0.25, 0.3) is 0 Å². The molecular formula is C85H150NO8P. The van der Waals surface area contributed by atoms with Crippen LogP contribution in [-0.4, -0.2) is 49.3 Å². The van der Waals surface area contributed by atoms with E-state index in [1.54, 1.807) is 0 Å². The number of hydrogen-bond acceptors (Lipinski definition) is 8. The molecule has 0 saturated heterocycles. The predicted molar refractivity (Wildman–Crippen MR) is 413 cm³/mol. The summed E-state index contributed by atoms with van der Waals surface area (Å²) in [7, 11) is -4.40. The molecule has 0 saturated carbocycles.